The fraction of sp³-hybridized carbons (Fsp3) is 0.357. The first kappa shape index (κ1) is 11.3. The highest BCUT2D eigenvalue weighted by atomic mass is 19.1. The molecule has 0 saturated heterocycles. The summed E-state index contributed by atoms with van der Waals surface area (Å²) < 4.78 is 16.0. The van der Waals surface area contributed by atoms with Crippen LogP contribution in [0.1, 0.15) is 35.9 Å². The Kier molecular flexibility index (Phi) is 2.40. The van der Waals surface area contributed by atoms with Crippen molar-refractivity contribution in [2.45, 2.75) is 26.3 Å². The second kappa shape index (κ2) is 3.83. The first-order valence-corrected chi connectivity index (χ1v) is 6.20. The summed E-state index contributed by atoms with van der Waals surface area (Å²) in [7, 11) is 0. The van der Waals surface area contributed by atoms with Gasteiger partial charge < -0.3 is 9.88 Å². The maximum absolute atomic E-state index is 14.1. The summed E-state index contributed by atoms with van der Waals surface area (Å²) >= 11 is 0. The predicted octanol–water partition coefficient (Wildman–Crippen LogP) is 2.65. The highest BCUT2D eigenvalue weighted by Gasteiger charge is 2.27. The molecule has 1 aliphatic rings. The molecule has 0 fully saturated rings. The summed E-state index contributed by atoms with van der Waals surface area (Å²) in [6, 6.07) is 5.06. The van der Waals surface area contributed by atoms with E-state index in [1.54, 1.807) is 6.07 Å². The number of aromatic nitrogens is 1. The zero-order valence-corrected chi connectivity index (χ0v) is 10.5. The Labute approximate surface area is 105 Å². The van der Waals surface area contributed by atoms with Crippen LogP contribution in [0, 0.1) is 5.82 Å². The molecule has 18 heavy (non-hydrogen) atoms. The first-order chi connectivity index (χ1) is 8.61. The average molecular weight is 246 g/mol. The van der Waals surface area contributed by atoms with Crippen LogP contribution in [0.25, 0.3) is 10.9 Å². The van der Waals surface area contributed by atoms with E-state index in [1.165, 1.54) is 6.07 Å². The van der Waals surface area contributed by atoms with Crippen LogP contribution in [-0.2, 0) is 6.42 Å². The largest absolute Gasteiger partial charge is 0.352 e. The highest BCUT2D eigenvalue weighted by molar-refractivity contribution is 6.09. The molecule has 0 aliphatic carbocycles. The summed E-state index contributed by atoms with van der Waals surface area (Å²) in [5.41, 5.74) is 2.15. The molecule has 0 bridgehead atoms. The molecular weight excluding hydrogens is 231 g/mol. The minimum atomic E-state index is -0.261. The van der Waals surface area contributed by atoms with E-state index in [1.807, 2.05) is 24.5 Å². The first-order valence-electron chi connectivity index (χ1n) is 6.20. The van der Waals surface area contributed by atoms with Gasteiger partial charge in [0.05, 0.1) is 11.1 Å². The Morgan fingerprint density at radius 2 is 2.17 bits per heavy atom. The van der Waals surface area contributed by atoms with Gasteiger partial charge in [0, 0.05) is 30.1 Å². The Hall–Kier alpha value is -1.84. The number of carbonyl (C=O) groups is 1. The summed E-state index contributed by atoms with van der Waals surface area (Å²) in [4.78, 5) is 12.0. The zero-order chi connectivity index (χ0) is 12.9. The fourth-order valence-electron chi connectivity index (χ4n) is 2.82. The van der Waals surface area contributed by atoms with E-state index >= 15 is 0 Å². The molecule has 1 aromatic carbocycles. The monoisotopic (exact) mass is 246 g/mol. The third-order valence-electron chi connectivity index (χ3n) is 3.47. The zero-order valence-electron chi connectivity index (χ0n) is 10.5. The molecule has 0 saturated carbocycles. The summed E-state index contributed by atoms with van der Waals surface area (Å²) in [6.45, 7) is 4.65. The minimum Gasteiger partial charge on any atom is -0.352 e. The maximum Gasteiger partial charge on any atom is 0.253 e. The lowest BCUT2D eigenvalue weighted by atomic mass is 10.1. The smallest absolute Gasteiger partial charge is 0.253 e. The van der Waals surface area contributed by atoms with Crippen LogP contribution in [0.15, 0.2) is 18.2 Å². The Morgan fingerprint density at radius 3 is 2.89 bits per heavy atom. The van der Waals surface area contributed by atoms with Gasteiger partial charge in [-0.25, -0.2) is 4.39 Å². The summed E-state index contributed by atoms with van der Waals surface area (Å²) in [5.74, 6) is -0.352. The van der Waals surface area contributed by atoms with Crippen LogP contribution in [0.4, 0.5) is 4.39 Å². The van der Waals surface area contributed by atoms with Gasteiger partial charge in [0.1, 0.15) is 5.82 Å². The molecule has 2 heterocycles. The number of rotatable bonds is 1. The number of benzene rings is 1. The van der Waals surface area contributed by atoms with Crippen LogP contribution < -0.4 is 5.32 Å². The third kappa shape index (κ3) is 1.38. The van der Waals surface area contributed by atoms with Gasteiger partial charge in [0.2, 0.25) is 0 Å². The van der Waals surface area contributed by atoms with Crippen LogP contribution in [0.3, 0.4) is 0 Å². The van der Waals surface area contributed by atoms with Gasteiger partial charge in [-0.3, -0.25) is 4.79 Å². The lowest BCUT2D eigenvalue weighted by molar-refractivity contribution is 0.0946. The van der Waals surface area contributed by atoms with E-state index in [9.17, 15) is 9.18 Å². The molecular formula is C14H15FN2O. The normalized spacial score (nSPS) is 15.0. The van der Waals surface area contributed by atoms with E-state index in [0.717, 1.165) is 17.5 Å². The Morgan fingerprint density at radius 1 is 1.39 bits per heavy atom. The van der Waals surface area contributed by atoms with E-state index in [-0.39, 0.29) is 17.8 Å². The number of para-hydroxylation sites is 1. The van der Waals surface area contributed by atoms with Gasteiger partial charge in [0.15, 0.2) is 0 Å². The predicted molar refractivity (Wildman–Crippen MR) is 68.3 cm³/mol. The fourth-order valence-corrected chi connectivity index (χ4v) is 2.82. The second-order valence-electron chi connectivity index (χ2n) is 4.93. The molecule has 0 atom stereocenters. The average Bonchev–Trinajstić information content (AvgIpc) is 2.66. The Balaban J connectivity index is 2.48. The van der Waals surface area contributed by atoms with Crippen molar-refractivity contribution >= 4 is 16.8 Å². The number of fused-ring (bicyclic) bond motifs is 3. The molecule has 1 N–H and O–H groups in total. The number of nitrogens with zero attached hydrogens (tertiary/aromatic N) is 1. The van der Waals surface area contributed by atoms with Crippen molar-refractivity contribution in [3.63, 3.8) is 0 Å². The van der Waals surface area contributed by atoms with Crippen LogP contribution in [-0.4, -0.2) is 17.0 Å². The van der Waals surface area contributed by atoms with Crippen molar-refractivity contribution in [1.29, 1.82) is 0 Å². The van der Waals surface area contributed by atoms with Gasteiger partial charge in [-0.1, -0.05) is 12.1 Å². The van der Waals surface area contributed by atoms with Crippen LogP contribution >= 0.6 is 0 Å². The quantitative estimate of drug-likeness (QED) is 0.824. The number of nitrogens with one attached hydrogen (secondary N) is 1. The molecule has 1 amide bonds. The highest BCUT2D eigenvalue weighted by Crippen LogP contribution is 2.32. The van der Waals surface area contributed by atoms with E-state index in [0.29, 0.717) is 17.6 Å². The molecule has 0 radical (unpaired) electrons. The lowest BCUT2D eigenvalue weighted by Gasteiger charge is -2.19. The summed E-state index contributed by atoms with van der Waals surface area (Å²) in [5, 5.41) is 3.55. The van der Waals surface area contributed by atoms with Gasteiger partial charge in [-0.15, -0.1) is 0 Å². The molecule has 1 aliphatic heterocycles. The Bertz CT molecular complexity index is 643. The second-order valence-corrected chi connectivity index (χ2v) is 4.93. The van der Waals surface area contributed by atoms with Gasteiger partial charge in [-0.2, -0.15) is 0 Å². The van der Waals surface area contributed by atoms with Crippen molar-refractivity contribution < 1.29 is 9.18 Å². The van der Waals surface area contributed by atoms with Gasteiger partial charge in [-0.05, 0) is 19.9 Å². The van der Waals surface area contributed by atoms with Gasteiger partial charge >= 0.3 is 0 Å². The number of amides is 1. The van der Waals surface area contributed by atoms with Crippen LogP contribution in [0.5, 0.6) is 0 Å². The molecule has 1 aromatic heterocycles. The van der Waals surface area contributed by atoms with Crippen molar-refractivity contribution in [2.75, 3.05) is 6.54 Å². The molecule has 3 nitrogen and oxygen atoms in total. The third-order valence-corrected chi connectivity index (χ3v) is 3.47. The van der Waals surface area contributed by atoms with Crippen molar-refractivity contribution in [3.8, 4) is 0 Å². The molecule has 3 rings (SSSR count). The standard InChI is InChI=1S/C14H15FN2O/c1-8(2)17-11-6-7-16-14(18)12(11)9-4-3-5-10(15)13(9)17/h3-5,8H,6-7H2,1-2H3,(H,16,18). The van der Waals surface area contributed by atoms with Gasteiger partial charge in [0.25, 0.3) is 5.91 Å². The number of hydrogen-bond donors (Lipinski definition) is 1. The molecule has 0 spiro atoms. The topological polar surface area (TPSA) is 34.0 Å². The van der Waals surface area contributed by atoms with Crippen molar-refractivity contribution in [3.05, 3.63) is 35.3 Å². The van der Waals surface area contributed by atoms with E-state index < -0.39 is 0 Å². The lowest BCUT2D eigenvalue weighted by Crippen LogP contribution is -2.32. The summed E-state index contributed by atoms with van der Waals surface area (Å²) in [6.07, 6.45) is 0.757. The molecule has 2 aromatic rings. The van der Waals surface area contributed by atoms with Crippen molar-refractivity contribution in [1.82, 2.24) is 9.88 Å². The van der Waals surface area contributed by atoms with Crippen LogP contribution in [0.2, 0.25) is 0 Å². The number of hydrogen-bond acceptors (Lipinski definition) is 1. The molecule has 94 valence electrons. The molecule has 4 heteroatoms. The van der Waals surface area contributed by atoms with Crippen molar-refractivity contribution in [2.24, 2.45) is 0 Å². The van der Waals surface area contributed by atoms with E-state index in [2.05, 4.69) is 5.32 Å². The SMILES string of the molecule is CC(C)n1c2c(c3cccc(F)c31)C(=O)NCC2. The minimum absolute atomic E-state index is 0.0914. The number of halogens is 1. The maximum atomic E-state index is 14.1. The molecule has 0 unspecified atom stereocenters. The number of carbonyl (C=O) groups excluding carboxylic acids is 1. The van der Waals surface area contributed by atoms with E-state index in [4.69, 9.17) is 0 Å².